The molecule has 0 radical (unpaired) electrons. The molecule has 0 saturated heterocycles. The molecule has 0 bridgehead atoms. The highest BCUT2D eigenvalue weighted by Gasteiger charge is 2.10. The molecule has 0 unspecified atom stereocenters. The van der Waals surface area contributed by atoms with Gasteiger partial charge in [0.1, 0.15) is 0 Å². The average Bonchev–Trinajstić information content (AvgIpc) is 2.52. The summed E-state index contributed by atoms with van der Waals surface area (Å²) in [6, 6.07) is 14.8. The molecular formula is C16H12ClN3O. The summed E-state index contributed by atoms with van der Waals surface area (Å²) in [5, 5.41) is 4.39. The average molecular weight is 298 g/mol. The Bertz CT molecular complexity index is 801. The minimum absolute atomic E-state index is 0.184. The van der Waals surface area contributed by atoms with E-state index in [-0.39, 0.29) is 10.7 Å². The molecule has 2 heterocycles. The zero-order valence-corrected chi connectivity index (χ0v) is 11.9. The van der Waals surface area contributed by atoms with Crippen molar-refractivity contribution in [2.45, 2.75) is 6.54 Å². The molecule has 4 nitrogen and oxygen atoms in total. The van der Waals surface area contributed by atoms with Gasteiger partial charge in [-0.3, -0.25) is 9.78 Å². The third-order valence-electron chi connectivity index (χ3n) is 3.09. The maximum atomic E-state index is 12.5. The van der Waals surface area contributed by atoms with E-state index in [0.29, 0.717) is 12.1 Å². The quantitative estimate of drug-likeness (QED) is 0.746. The molecule has 5 heteroatoms. The lowest BCUT2D eigenvalue weighted by molar-refractivity contribution is 0.641. The van der Waals surface area contributed by atoms with Crippen molar-refractivity contribution >= 4 is 11.6 Å². The molecule has 0 aliphatic rings. The molecule has 2 aromatic heterocycles. The Morgan fingerprint density at radius 1 is 1.10 bits per heavy atom. The molecule has 104 valence electrons. The zero-order valence-electron chi connectivity index (χ0n) is 11.1. The first-order valence-corrected chi connectivity index (χ1v) is 6.84. The second kappa shape index (κ2) is 5.89. The van der Waals surface area contributed by atoms with E-state index in [1.54, 1.807) is 24.5 Å². The largest absolute Gasteiger partial charge is 0.275 e. The van der Waals surface area contributed by atoms with E-state index in [1.807, 2.05) is 36.4 Å². The normalized spacial score (nSPS) is 10.5. The van der Waals surface area contributed by atoms with E-state index in [1.165, 1.54) is 4.68 Å². The summed E-state index contributed by atoms with van der Waals surface area (Å²) in [6.45, 7) is 0.382. The van der Waals surface area contributed by atoms with E-state index < -0.39 is 0 Å². The highest BCUT2D eigenvalue weighted by atomic mass is 35.5. The van der Waals surface area contributed by atoms with Gasteiger partial charge in [0, 0.05) is 18.0 Å². The first-order valence-electron chi connectivity index (χ1n) is 6.46. The highest BCUT2D eigenvalue weighted by Crippen LogP contribution is 2.16. The van der Waals surface area contributed by atoms with Crippen LogP contribution < -0.4 is 5.56 Å². The predicted molar refractivity (Wildman–Crippen MR) is 82.3 cm³/mol. The van der Waals surface area contributed by atoms with Gasteiger partial charge in [-0.05, 0) is 17.7 Å². The SMILES string of the molecule is O=c1c(-c2cccnc2)cc(Cl)nn1Cc1ccccc1. The van der Waals surface area contributed by atoms with Crippen molar-refractivity contribution in [3.8, 4) is 11.1 Å². The first-order chi connectivity index (χ1) is 10.2. The van der Waals surface area contributed by atoms with Crippen LogP contribution in [-0.4, -0.2) is 14.8 Å². The van der Waals surface area contributed by atoms with Crippen LogP contribution in [0, 0.1) is 0 Å². The van der Waals surface area contributed by atoms with Crippen LogP contribution in [0.25, 0.3) is 11.1 Å². The number of rotatable bonds is 3. The Labute approximate surface area is 126 Å². The smallest absolute Gasteiger partial charge is 0.267 e. The fourth-order valence-electron chi connectivity index (χ4n) is 2.10. The second-order valence-electron chi connectivity index (χ2n) is 4.57. The molecule has 21 heavy (non-hydrogen) atoms. The van der Waals surface area contributed by atoms with E-state index in [9.17, 15) is 4.79 Å². The number of benzene rings is 1. The number of halogens is 1. The van der Waals surface area contributed by atoms with E-state index in [4.69, 9.17) is 11.6 Å². The van der Waals surface area contributed by atoms with Crippen molar-refractivity contribution in [1.29, 1.82) is 0 Å². The number of pyridine rings is 1. The summed E-state index contributed by atoms with van der Waals surface area (Å²) in [4.78, 5) is 16.6. The molecule has 0 saturated carbocycles. The number of hydrogen-bond donors (Lipinski definition) is 0. The Morgan fingerprint density at radius 2 is 1.90 bits per heavy atom. The van der Waals surface area contributed by atoms with Crippen LogP contribution in [0.15, 0.2) is 65.7 Å². The molecule has 0 aliphatic carbocycles. The Balaban J connectivity index is 2.07. The lowest BCUT2D eigenvalue weighted by Crippen LogP contribution is -2.25. The fourth-order valence-corrected chi connectivity index (χ4v) is 2.30. The summed E-state index contributed by atoms with van der Waals surface area (Å²) >= 11 is 6.05. The molecule has 3 aromatic rings. The van der Waals surface area contributed by atoms with Gasteiger partial charge in [-0.1, -0.05) is 48.0 Å². The van der Waals surface area contributed by atoms with Crippen molar-refractivity contribution in [2.24, 2.45) is 0 Å². The molecule has 0 N–H and O–H groups in total. The minimum Gasteiger partial charge on any atom is -0.267 e. The van der Waals surface area contributed by atoms with Crippen LogP contribution in [0.2, 0.25) is 5.15 Å². The van der Waals surface area contributed by atoms with Crippen molar-refractivity contribution in [3.05, 3.63) is 82.0 Å². The molecule has 0 aliphatic heterocycles. The standard InChI is InChI=1S/C16H12ClN3O/c17-15-9-14(13-7-4-8-18-10-13)16(21)20(19-15)11-12-5-2-1-3-6-12/h1-10H,11H2. The molecule has 3 rings (SSSR count). The minimum atomic E-state index is -0.184. The van der Waals surface area contributed by atoms with Crippen LogP contribution in [0.3, 0.4) is 0 Å². The molecule has 0 fully saturated rings. The molecular weight excluding hydrogens is 286 g/mol. The van der Waals surface area contributed by atoms with Gasteiger partial charge in [0.25, 0.3) is 5.56 Å². The summed E-state index contributed by atoms with van der Waals surface area (Å²) in [6.07, 6.45) is 3.30. The maximum Gasteiger partial charge on any atom is 0.275 e. The summed E-state index contributed by atoms with van der Waals surface area (Å²) in [5.74, 6) is 0. The number of aromatic nitrogens is 3. The lowest BCUT2D eigenvalue weighted by Gasteiger charge is -2.08. The Morgan fingerprint density at radius 3 is 2.62 bits per heavy atom. The Kier molecular flexibility index (Phi) is 3.79. The zero-order chi connectivity index (χ0) is 14.7. The van der Waals surface area contributed by atoms with E-state index >= 15 is 0 Å². The van der Waals surface area contributed by atoms with E-state index in [2.05, 4.69) is 10.1 Å². The van der Waals surface area contributed by atoms with Crippen LogP contribution in [0.1, 0.15) is 5.56 Å². The van der Waals surface area contributed by atoms with Crippen LogP contribution in [-0.2, 0) is 6.54 Å². The monoisotopic (exact) mass is 297 g/mol. The number of hydrogen-bond acceptors (Lipinski definition) is 3. The molecule has 0 atom stereocenters. The Hall–Kier alpha value is -2.46. The van der Waals surface area contributed by atoms with Crippen LogP contribution in [0.5, 0.6) is 0 Å². The van der Waals surface area contributed by atoms with Gasteiger partial charge in [0.2, 0.25) is 0 Å². The van der Waals surface area contributed by atoms with Gasteiger partial charge in [0.05, 0.1) is 12.1 Å². The molecule has 1 aromatic carbocycles. The lowest BCUT2D eigenvalue weighted by atomic mass is 10.1. The third kappa shape index (κ3) is 3.01. The molecule has 0 amide bonds. The van der Waals surface area contributed by atoms with Crippen LogP contribution >= 0.6 is 11.6 Å². The van der Waals surface area contributed by atoms with E-state index in [0.717, 1.165) is 11.1 Å². The van der Waals surface area contributed by atoms with Gasteiger partial charge in [-0.15, -0.1) is 0 Å². The van der Waals surface area contributed by atoms with Crippen LogP contribution in [0.4, 0.5) is 0 Å². The van der Waals surface area contributed by atoms with Crippen molar-refractivity contribution < 1.29 is 0 Å². The van der Waals surface area contributed by atoms with Gasteiger partial charge in [-0.2, -0.15) is 5.10 Å². The first kappa shape index (κ1) is 13.5. The second-order valence-corrected chi connectivity index (χ2v) is 4.96. The van der Waals surface area contributed by atoms with Crippen molar-refractivity contribution in [1.82, 2.24) is 14.8 Å². The highest BCUT2D eigenvalue weighted by molar-refractivity contribution is 6.29. The summed E-state index contributed by atoms with van der Waals surface area (Å²) in [7, 11) is 0. The van der Waals surface area contributed by atoms with Gasteiger partial charge < -0.3 is 0 Å². The number of nitrogens with zero attached hydrogens (tertiary/aromatic N) is 3. The maximum absolute atomic E-state index is 12.5. The van der Waals surface area contributed by atoms with Crippen molar-refractivity contribution in [2.75, 3.05) is 0 Å². The summed E-state index contributed by atoms with van der Waals surface area (Å²) in [5.41, 5.74) is 2.04. The fraction of sp³-hybridized carbons (Fsp3) is 0.0625. The van der Waals surface area contributed by atoms with Gasteiger partial charge in [0.15, 0.2) is 5.15 Å². The topological polar surface area (TPSA) is 47.8 Å². The predicted octanol–water partition coefficient (Wildman–Crippen LogP) is 3.01. The summed E-state index contributed by atoms with van der Waals surface area (Å²) < 4.78 is 1.38. The molecule has 0 spiro atoms. The van der Waals surface area contributed by atoms with Crippen molar-refractivity contribution in [3.63, 3.8) is 0 Å². The van der Waals surface area contributed by atoms with Gasteiger partial charge >= 0.3 is 0 Å². The third-order valence-corrected chi connectivity index (χ3v) is 3.28. The van der Waals surface area contributed by atoms with Gasteiger partial charge in [-0.25, -0.2) is 4.68 Å².